The molecule has 0 radical (unpaired) electrons. The molecule has 0 saturated carbocycles. The van der Waals surface area contributed by atoms with Gasteiger partial charge in [-0.05, 0) is 29.8 Å². The van der Waals surface area contributed by atoms with Gasteiger partial charge < -0.3 is 24.1 Å². The number of nitrogens with one attached hydrogen (secondary N) is 1. The van der Waals surface area contributed by atoms with Crippen LogP contribution in [-0.4, -0.2) is 30.9 Å². The normalized spacial score (nSPS) is 12.1. The first kappa shape index (κ1) is 15.3. The Morgan fingerprint density at radius 3 is 2.52 bits per heavy atom. The van der Waals surface area contributed by atoms with E-state index in [4.69, 9.17) is 14.2 Å². The molecule has 1 aromatic heterocycles. The molecule has 0 atom stereocenters. The van der Waals surface area contributed by atoms with Crippen LogP contribution in [0.4, 0.5) is 11.6 Å². The molecule has 3 aromatic rings. The third-order valence-corrected chi connectivity index (χ3v) is 4.37. The first-order valence-corrected chi connectivity index (χ1v) is 7.75. The van der Waals surface area contributed by atoms with Crippen LogP contribution in [0.25, 0.3) is 10.9 Å². The van der Waals surface area contributed by atoms with Gasteiger partial charge in [0.05, 0.1) is 38.8 Å². The van der Waals surface area contributed by atoms with E-state index in [0.29, 0.717) is 35.1 Å². The van der Waals surface area contributed by atoms with Gasteiger partial charge in [0.1, 0.15) is 5.75 Å². The summed E-state index contributed by atoms with van der Waals surface area (Å²) in [5, 5.41) is 3.74. The summed E-state index contributed by atoms with van der Waals surface area (Å²) in [6.07, 6.45) is 0. The number of fused-ring (bicyclic) bond motifs is 4. The Hall–Kier alpha value is -3.22. The highest BCUT2D eigenvalue weighted by Gasteiger charge is 2.21. The van der Waals surface area contributed by atoms with Gasteiger partial charge in [-0.15, -0.1) is 0 Å². The summed E-state index contributed by atoms with van der Waals surface area (Å²) in [5.41, 5.74) is 2.37. The maximum atomic E-state index is 12.4. The predicted molar refractivity (Wildman–Crippen MR) is 94.5 cm³/mol. The second kappa shape index (κ2) is 5.70. The van der Waals surface area contributed by atoms with Crippen LogP contribution in [0.5, 0.6) is 17.2 Å². The Bertz CT molecular complexity index is 1040. The van der Waals surface area contributed by atoms with E-state index in [9.17, 15) is 4.79 Å². The smallest absolute Gasteiger partial charge is 0.282 e. The van der Waals surface area contributed by atoms with E-state index < -0.39 is 0 Å². The molecule has 128 valence electrons. The van der Waals surface area contributed by atoms with Gasteiger partial charge in [0.15, 0.2) is 11.5 Å². The standard InChI is InChI=1S/C18H17N3O4/c1-23-11-4-5-14-12(7-11)17(22)20-18-19-13-8-16(25-3)15(24-2)6-10(13)9-21(14)18/h4-8H,9H2,1-3H3,(H,19,20,22). The van der Waals surface area contributed by atoms with Gasteiger partial charge >= 0.3 is 0 Å². The SMILES string of the molecule is COc1ccc2c(c1)c(=O)nc1n2Cc2cc(OC)c(OC)cc2N1. The average Bonchev–Trinajstić information content (AvgIpc) is 2.65. The van der Waals surface area contributed by atoms with E-state index in [1.165, 1.54) is 0 Å². The fourth-order valence-corrected chi connectivity index (χ4v) is 3.09. The molecule has 1 N–H and O–H groups in total. The molecule has 2 heterocycles. The molecule has 7 nitrogen and oxygen atoms in total. The van der Waals surface area contributed by atoms with Crippen molar-refractivity contribution in [2.24, 2.45) is 0 Å². The van der Waals surface area contributed by atoms with Crippen molar-refractivity contribution < 1.29 is 14.2 Å². The van der Waals surface area contributed by atoms with Crippen molar-refractivity contribution in [1.82, 2.24) is 9.55 Å². The summed E-state index contributed by atoms with van der Waals surface area (Å²) in [6, 6.07) is 9.19. The fraction of sp³-hybridized carbons (Fsp3) is 0.222. The molecule has 0 fully saturated rings. The zero-order valence-electron chi connectivity index (χ0n) is 14.1. The molecule has 0 bridgehead atoms. The van der Waals surface area contributed by atoms with E-state index in [2.05, 4.69) is 10.3 Å². The Labute approximate surface area is 143 Å². The van der Waals surface area contributed by atoms with Crippen molar-refractivity contribution in [3.8, 4) is 17.2 Å². The van der Waals surface area contributed by atoms with Crippen LogP contribution in [0.3, 0.4) is 0 Å². The Morgan fingerprint density at radius 1 is 1.04 bits per heavy atom. The van der Waals surface area contributed by atoms with Crippen LogP contribution in [0.2, 0.25) is 0 Å². The lowest BCUT2D eigenvalue weighted by atomic mass is 10.1. The molecule has 0 aliphatic carbocycles. The Morgan fingerprint density at radius 2 is 1.80 bits per heavy atom. The summed E-state index contributed by atoms with van der Waals surface area (Å²) in [4.78, 5) is 16.6. The summed E-state index contributed by atoms with van der Waals surface area (Å²) in [5.74, 6) is 2.41. The van der Waals surface area contributed by atoms with E-state index >= 15 is 0 Å². The topological polar surface area (TPSA) is 74.6 Å². The lowest BCUT2D eigenvalue weighted by Gasteiger charge is -2.25. The summed E-state index contributed by atoms with van der Waals surface area (Å²) in [7, 11) is 4.77. The number of hydrogen-bond donors (Lipinski definition) is 1. The molecule has 0 amide bonds. The van der Waals surface area contributed by atoms with Crippen molar-refractivity contribution in [2.45, 2.75) is 6.54 Å². The minimum atomic E-state index is -0.295. The first-order valence-electron chi connectivity index (χ1n) is 7.75. The molecule has 0 saturated heterocycles. The van der Waals surface area contributed by atoms with Crippen LogP contribution < -0.4 is 25.1 Å². The van der Waals surface area contributed by atoms with Crippen molar-refractivity contribution in [3.63, 3.8) is 0 Å². The molecule has 1 aliphatic heterocycles. The van der Waals surface area contributed by atoms with Crippen LogP contribution in [0, 0.1) is 0 Å². The van der Waals surface area contributed by atoms with E-state index in [1.807, 2.05) is 28.8 Å². The van der Waals surface area contributed by atoms with Gasteiger partial charge in [0.2, 0.25) is 5.95 Å². The number of rotatable bonds is 3. The minimum absolute atomic E-state index is 0.295. The van der Waals surface area contributed by atoms with Gasteiger partial charge in [0, 0.05) is 11.8 Å². The van der Waals surface area contributed by atoms with Crippen molar-refractivity contribution >= 4 is 22.5 Å². The molecule has 2 aromatic carbocycles. The molecule has 0 spiro atoms. The fourth-order valence-electron chi connectivity index (χ4n) is 3.09. The van der Waals surface area contributed by atoms with Crippen LogP contribution in [0.1, 0.15) is 5.56 Å². The largest absolute Gasteiger partial charge is 0.497 e. The molecular formula is C18H17N3O4. The van der Waals surface area contributed by atoms with Gasteiger partial charge in [0.25, 0.3) is 5.56 Å². The molecule has 7 heteroatoms. The molecule has 1 aliphatic rings. The lowest BCUT2D eigenvalue weighted by Crippen LogP contribution is -2.22. The summed E-state index contributed by atoms with van der Waals surface area (Å²) in [6.45, 7) is 0.564. The molecule has 0 unspecified atom stereocenters. The highest BCUT2D eigenvalue weighted by Crippen LogP contribution is 2.38. The van der Waals surface area contributed by atoms with E-state index in [1.54, 1.807) is 27.4 Å². The first-order chi connectivity index (χ1) is 12.1. The molecular weight excluding hydrogens is 322 g/mol. The number of methoxy groups -OCH3 is 3. The maximum Gasteiger partial charge on any atom is 0.282 e. The average molecular weight is 339 g/mol. The van der Waals surface area contributed by atoms with E-state index in [0.717, 1.165) is 16.8 Å². The highest BCUT2D eigenvalue weighted by molar-refractivity contribution is 5.83. The monoisotopic (exact) mass is 339 g/mol. The maximum absolute atomic E-state index is 12.4. The van der Waals surface area contributed by atoms with Gasteiger partial charge in [-0.25, -0.2) is 0 Å². The summed E-state index contributed by atoms with van der Waals surface area (Å²) >= 11 is 0. The van der Waals surface area contributed by atoms with Crippen LogP contribution in [0.15, 0.2) is 35.1 Å². The number of aromatic nitrogens is 2. The Kier molecular flexibility index (Phi) is 3.49. The number of ether oxygens (including phenoxy) is 3. The third-order valence-electron chi connectivity index (χ3n) is 4.37. The van der Waals surface area contributed by atoms with Gasteiger partial charge in [-0.1, -0.05) is 0 Å². The minimum Gasteiger partial charge on any atom is -0.497 e. The lowest BCUT2D eigenvalue weighted by molar-refractivity contribution is 0.354. The number of hydrogen-bond acceptors (Lipinski definition) is 6. The van der Waals surface area contributed by atoms with E-state index in [-0.39, 0.29) is 5.56 Å². The number of anilines is 2. The second-order valence-electron chi connectivity index (χ2n) is 5.70. The van der Waals surface area contributed by atoms with Crippen LogP contribution >= 0.6 is 0 Å². The van der Waals surface area contributed by atoms with Crippen LogP contribution in [-0.2, 0) is 6.54 Å². The second-order valence-corrected chi connectivity index (χ2v) is 5.70. The van der Waals surface area contributed by atoms with Gasteiger partial charge in [-0.2, -0.15) is 4.98 Å². The molecule has 4 rings (SSSR count). The predicted octanol–water partition coefficient (Wildman–Crippen LogP) is 2.53. The highest BCUT2D eigenvalue weighted by atomic mass is 16.5. The zero-order chi connectivity index (χ0) is 17.6. The quantitative estimate of drug-likeness (QED) is 0.618. The third kappa shape index (κ3) is 2.36. The molecule has 25 heavy (non-hydrogen) atoms. The number of benzene rings is 2. The van der Waals surface area contributed by atoms with Crippen molar-refractivity contribution in [1.29, 1.82) is 0 Å². The number of nitrogens with zero attached hydrogens (tertiary/aromatic N) is 2. The Balaban J connectivity index is 1.90. The van der Waals surface area contributed by atoms with Crippen molar-refractivity contribution in [3.05, 3.63) is 46.2 Å². The van der Waals surface area contributed by atoms with Crippen molar-refractivity contribution in [2.75, 3.05) is 26.6 Å². The van der Waals surface area contributed by atoms with Gasteiger partial charge in [-0.3, -0.25) is 4.79 Å². The summed E-state index contributed by atoms with van der Waals surface area (Å²) < 4.78 is 17.9. The zero-order valence-corrected chi connectivity index (χ0v) is 14.1.